The van der Waals surface area contributed by atoms with E-state index in [4.69, 9.17) is 15.5 Å². The van der Waals surface area contributed by atoms with Crippen LogP contribution in [0.1, 0.15) is 118 Å². The van der Waals surface area contributed by atoms with E-state index >= 15 is 0 Å². The molecule has 2 aliphatic heterocycles. The minimum atomic E-state index is -0.0865. The van der Waals surface area contributed by atoms with Gasteiger partial charge in [0.25, 0.3) is 0 Å². The van der Waals surface area contributed by atoms with Gasteiger partial charge in [0.1, 0.15) is 6.61 Å². The minimum Gasteiger partial charge on any atom is -0.485 e. The number of nitrogens with two attached hydrogens (primary N) is 1. The van der Waals surface area contributed by atoms with E-state index in [-0.39, 0.29) is 21.8 Å². The number of thiazole rings is 1. The summed E-state index contributed by atoms with van der Waals surface area (Å²) in [5, 5.41) is 1.08. The first-order chi connectivity index (χ1) is 23.2. The maximum Gasteiger partial charge on any atom is 0.185 e. The molecule has 0 amide bonds. The molecule has 2 aromatic heterocycles. The Morgan fingerprint density at radius 2 is 1.48 bits per heavy atom. The van der Waals surface area contributed by atoms with Gasteiger partial charge in [-0.3, -0.25) is 9.80 Å². The summed E-state index contributed by atoms with van der Waals surface area (Å²) in [6.45, 7) is 34.2. The van der Waals surface area contributed by atoms with Crippen molar-refractivity contribution in [2.45, 2.75) is 125 Å². The Hall–Kier alpha value is -3.12. The van der Waals surface area contributed by atoms with Crippen molar-refractivity contribution in [2.75, 3.05) is 49.9 Å². The molecule has 50 heavy (non-hydrogen) atoms. The largest absolute Gasteiger partial charge is 0.485 e. The van der Waals surface area contributed by atoms with Crippen molar-refractivity contribution in [3.8, 4) is 28.0 Å². The molecule has 272 valence electrons. The van der Waals surface area contributed by atoms with Gasteiger partial charge in [-0.15, -0.1) is 0 Å². The van der Waals surface area contributed by atoms with Gasteiger partial charge >= 0.3 is 0 Å². The minimum absolute atomic E-state index is 0.0575. The lowest BCUT2D eigenvalue weighted by Crippen LogP contribution is -2.57. The van der Waals surface area contributed by atoms with Crippen molar-refractivity contribution in [1.82, 2.24) is 19.8 Å². The van der Waals surface area contributed by atoms with Crippen LogP contribution in [-0.4, -0.2) is 70.6 Å². The standard InChI is InChI=1S/C42H62N6OS/c1-39(2,3)16-13-29-23-31(36(41(7,8)9)33(24-29)40(4,5)6)28-49-34-25-30(26-44-37(34)43)35-27-45-38(50-35)47-17-14-32(15-18-47)46-19-21-48(22-20-46)42(10,11)12/h23-27,32H,14-15,17-22,28H2,1-12H3,(H2,43,44). The first kappa shape index (κ1) is 38.1. The smallest absolute Gasteiger partial charge is 0.185 e. The highest BCUT2D eigenvalue weighted by Gasteiger charge is 2.32. The first-order valence-electron chi connectivity index (χ1n) is 18.5. The number of nitrogens with zero attached hydrogens (tertiary/aromatic N) is 5. The van der Waals surface area contributed by atoms with Crippen molar-refractivity contribution in [2.24, 2.45) is 5.41 Å². The summed E-state index contributed by atoms with van der Waals surface area (Å²) in [4.78, 5) is 18.3. The van der Waals surface area contributed by atoms with Crippen molar-refractivity contribution in [3.63, 3.8) is 0 Å². The molecule has 0 spiro atoms. The van der Waals surface area contributed by atoms with Gasteiger partial charge in [-0.05, 0) is 100 Å². The van der Waals surface area contributed by atoms with Crippen LogP contribution in [0.25, 0.3) is 10.4 Å². The summed E-state index contributed by atoms with van der Waals surface area (Å²) >= 11 is 1.72. The third-order valence-electron chi connectivity index (χ3n) is 9.92. The van der Waals surface area contributed by atoms with Crippen molar-refractivity contribution in [1.29, 1.82) is 0 Å². The van der Waals surface area contributed by atoms with Crippen LogP contribution < -0.4 is 15.4 Å². The second-order valence-electron chi connectivity index (χ2n) is 18.4. The Morgan fingerprint density at radius 3 is 2.06 bits per heavy atom. The van der Waals surface area contributed by atoms with Crippen LogP contribution in [0.4, 0.5) is 10.9 Å². The Kier molecular flexibility index (Phi) is 11.0. The zero-order chi connectivity index (χ0) is 36.6. The lowest BCUT2D eigenvalue weighted by Gasteiger charge is -2.46. The summed E-state index contributed by atoms with van der Waals surface area (Å²) in [6.07, 6.45) is 6.17. The Labute approximate surface area is 307 Å². The molecule has 2 N–H and O–H groups in total. The van der Waals surface area contributed by atoms with Crippen molar-refractivity contribution >= 4 is 22.3 Å². The zero-order valence-corrected chi connectivity index (χ0v) is 33.8. The van der Waals surface area contributed by atoms with Gasteiger partial charge in [0, 0.05) is 79.8 Å². The van der Waals surface area contributed by atoms with Crippen LogP contribution in [0.2, 0.25) is 0 Å². The van der Waals surface area contributed by atoms with Crippen LogP contribution in [0.5, 0.6) is 5.75 Å². The monoisotopic (exact) mass is 698 g/mol. The average Bonchev–Trinajstić information content (AvgIpc) is 3.52. The average molecular weight is 699 g/mol. The number of hydrogen-bond donors (Lipinski definition) is 1. The molecule has 0 saturated carbocycles. The molecule has 0 bridgehead atoms. The number of piperidine rings is 1. The highest BCUT2D eigenvalue weighted by molar-refractivity contribution is 7.18. The van der Waals surface area contributed by atoms with Crippen LogP contribution in [-0.2, 0) is 17.4 Å². The summed E-state index contributed by atoms with van der Waals surface area (Å²) in [7, 11) is 0. The second kappa shape index (κ2) is 14.5. The second-order valence-corrected chi connectivity index (χ2v) is 19.4. The molecule has 5 rings (SSSR count). The molecule has 4 heterocycles. The van der Waals surface area contributed by atoms with E-state index < -0.39 is 0 Å². The molecular formula is C42H62N6OS. The lowest BCUT2D eigenvalue weighted by molar-refractivity contribution is 0.0364. The third kappa shape index (κ3) is 9.40. The van der Waals surface area contributed by atoms with E-state index in [1.165, 1.54) is 37.1 Å². The fourth-order valence-corrected chi connectivity index (χ4v) is 8.16. The maximum absolute atomic E-state index is 6.54. The zero-order valence-electron chi connectivity index (χ0n) is 33.0. The van der Waals surface area contributed by atoms with Gasteiger partial charge in [-0.2, -0.15) is 0 Å². The molecule has 1 aromatic carbocycles. The summed E-state index contributed by atoms with van der Waals surface area (Å²) in [5.41, 5.74) is 12.2. The van der Waals surface area contributed by atoms with Crippen molar-refractivity contribution < 1.29 is 4.74 Å². The van der Waals surface area contributed by atoms with E-state index in [0.29, 0.717) is 24.2 Å². The number of rotatable bonds is 6. The molecule has 0 unspecified atom stereocenters. The summed E-state index contributed by atoms with van der Waals surface area (Å²) < 4.78 is 6.54. The number of hydrogen-bond acceptors (Lipinski definition) is 8. The molecule has 0 radical (unpaired) electrons. The molecule has 0 aliphatic carbocycles. The molecule has 3 aromatic rings. The Balaban J connectivity index is 1.30. The molecule has 2 fully saturated rings. The predicted octanol–water partition coefficient (Wildman–Crippen LogP) is 8.74. The highest BCUT2D eigenvalue weighted by atomic mass is 32.1. The number of aromatic nitrogens is 2. The van der Waals surface area contributed by atoms with Gasteiger partial charge in [-0.1, -0.05) is 64.7 Å². The van der Waals surface area contributed by atoms with Crippen LogP contribution in [0.3, 0.4) is 0 Å². The maximum atomic E-state index is 6.54. The highest BCUT2D eigenvalue weighted by Crippen LogP contribution is 2.39. The van der Waals surface area contributed by atoms with Crippen LogP contribution in [0.15, 0.2) is 30.6 Å². The number of pyridine rings is 1. The molecule has 2 aliphatic rings. The SMILES string of the molecule is CC(C)(C)C#Cc1cc(COc2cc(-c3cnc(N4CCC(N5CCN(C(C)(C)C)CC5)CC4)s3)cnc2N)c(C(C)(C)C)c(C(C)(C)C)c1. The normalized spacial score (nSPS) is 17.5. The molecular weight excluding hydrogens is 637 g/mol. The van der Waals surface area contributed by atoms with Gasteiger partial charge < -0.3 is 15.4 Å². The predicted molar refractivity (Wildman–Crippen MR) is 212 cm³/mol. The molecule has 7 nitrogen and oxygen atoms in total. The number of piperazine rings is 1. The fourth-order valence-electron chi connectivity index (χ4n) is 7.21. The van der Waals surface area contributed by atoms with E-state index in [2.05, 4.69) is 127 Å². The Morgan fingerprint density at radius 1 is 0.820 bits per heavy atom. The Bertz CT molecular complexity index is 1690. The summed E-state index contributed by atoms with van der Waals surface area (Å²) in [6, 6.07) is 7.16. The van der Waals surface area contributed by atoms with E-state index in [9.17, 15) is 0 Å². The van der Waals surface area contributed by atoms with E-state index in [0.717, 1.165) is 52.9 Å². The summed E-state index contributed by atoms with van der Waals surface area (Å²) in [5.74, 6) is 7.86. The number of anilines is 2. The topological polar surface area (TPSA) is 70.8 Å². The van der Waals surface area contributed by atoms with Crippen molar-refractivity contribution in [3.05, 3.63) is 52.8 Å². The lowest BCUT2D eigenvalue weighted by atomic mass is 9.72. The van der Waals surface area contributed by atoms with E-state index in [1.807, 2.05) is 18.5 Å². The first-order valence-corrected chi connectivity index (χ1v) is 19.3. The van der Waals surface area contributed by atoms with Crippen LogP contribution >= 0.6 is 11.3 Å². The molecule has 2 saturated heterocycles. The number of nitrogen functional groups attached to an aromatic ring is 1. The van der Waals surface area contributed by atoms with Gasteiger partial charge in [0.05, 0.1) is 4.88 Å². The molecule has 8 heteroatoms. The van der Waals surface area contributed by atoms with Gasteiger partial charge in [-0.25, -0.2) is 9.97 Å². The molecule has 0 atom stereocenters. The van der Waals surface area contributed by atoms with E-state index in [1.54, 1.807) is 11.3 Å². The third-order valence-corrected chi connectivity index (χ3v) is 11.0. The quantitative estimate of drug-likeness (QED) is 0.258. The number of benzene rings is 1. The van der Waals surface area contributed by atoms with Gasteiger partial charge in [0.2, 0.25) is 0 Å². The fraction of sp³-hybridized carbons (Fsp3) is 0.619. The van der Waals surface area contributed by atoms with Crippen LogP contribution in [0, 0.1) is 17.3 Å². The van der Waals surface area contributed by atoms with Gasteiger partial charge in [0.15, 0.2) is 16.7 Å². The number of ether oxygens (including phenoxy) is 1.